The SMILES string of the molecule is OCc1cc(C(c2cc(CO)c(CO)c(CO)c2)(C(F)(F)F)C(F)(F)F)cc(CO)c1CO. The molecule has 0 aliphatic rings. The zero-order valence-electron chi connectivity index (χ0n) is 17.0. The lowest BCUT2D eigenvalue weighted by atomic mass is 9.70. The summed E-state index contributed by atoms with van der Waals surface area (Å²) in [5.41, 5.74) is -9.72. The minimum atomic E-state index is -6.02. The maximum Gasteiger partial charge on any atom is 0.411 e. The van der Waals surface area contributed by atoms with Crippen LogP contribution in [-0.4, -0.2) is 43.0 Å². The highest BCUT2D eigenvalue weighted by Gasteiger charge is 2.72. The summed E-state index contributed by atoms with van der Waals surface area (Å²) in [5, 5.41) is 57.0. The minimum Gasteiger partial charge on any atom is -0.392 e. The van der Waals surface area contributed by atoms with Gasteiger partial charge in [-0.05, 0) is 44.5 Å². The summed E-state index contributed by atoms with van der Waals surface area (Å²) in [5.74, 6) is 0. The molecule has 33 heavy (non-hydrogen) atoms. The van der Waals surface area contributed by atoms with E-state index >= 15 is 0 Å². The molecule has 0 fully saturated rings. The zero-order valence-corrected chi connectivity index (χ0v) is 17.0. The molecule has 0 aliphatic carbocycles. The van der Waals surface area contributed by atoms with E-state index in [1.54, 1.807) is 0 Å². The van der Waals surface area contributed by atoms with Gasteiger partial charge in [-0.1, -0.05) is 24.3 Å². The van der Waals surface area contributed by atoms with Crippen LogP contribution in [-0.2, 0) is 45.1 Å². The fourth-order valence-electron chi connectivity index (χ4n) is 3.98. The first-order valence-electron chi connectivity index (χ1n) is 9.46. The lowest BCUT2D eigenvalue weighted by molar-refractivity contribution is -0.288. The molecule has 0 heterocycles. The number of benzene rings is 2. The molecule has 0 saturated carbocycles. The van der Waals surface area contributed by atoms with Crippen molar-refractivity contribution in [2.45, 2.75) is 57.4 Å². The normalized spacial score (nSPS) is 13.0. The van der Waals surface area contributed by atoms with E-state index in [0.717, 1.165) is 0 Å². The number of aliphatic hydroxyl groups is 6. The Morgan fingerprint density at radius 2 is 0.697 bits per heavy atom. The third-order valence-electron chi connectivity index (χ3n) is 5.58. The molecule has 0 radical (unpaired) electrons. The van der Waals surface area contributed by atoms with Crippen molar-refractivity contribution in [3.63, 3.8) is 0 Å². The highest BCUT2D eigenvalue weighted by Crippen LogP contribution is 2.57. The van der Waals surface area contributed by atoms with Crippen LogP contribution in [0.1, 0.15) is 44.5 Å². The number of hydrogen-bond donors (Lipinski definition) is 6. The van der Waals surface area contributed by atoms with Crippen LogP contribution < -0.4 is 0 Å². The Kier molecular flexibility index (Phi) is 8.15. The van der Waals surface area contributed by atoms with Gasteiger partial charge in [-0.15, -0.1) is 0 Å². The third kappa shape index (κ3) is 4.46. The highest BCUT2D eigenvalue weighted by atomic mass is 19.4. The van der Waals surface area contributed by atoms with Crippen LogP contribution >= 0.6 is 0 Å². The average molecular weight is 484 g/mol. The predicted molar refractivity (Wildman–Crippen MR) is 101 cm³/mol. The molecule has 2 aromatic carbocycles. The standard InChI is InChI=1S/C21H22F6O6/c22-20(23,24)19(21(25,26)27,15-1-11(5-28)17(9-32)12(2-15)6-29)16-3-13(7-30)18(10-33)14(4-16)8-31/h1-4,28-33H,5-10H2. The van der Waals surface area contributed by atoms with Crippen LogP contribution in [0.2, 0.25) is 0 Å². The number of alkyl halides is 6. The molecular weight excluding hydrogens is 462 g/mol. The summed E-state index contributed by atoms with van der Waals surface area (Å²) < 4.78 is 86.9. The van der Waals surface area contributed by atoms with Crippen LogP contribution in [0.3, 0.4) is 0 Å². The fraction of sp³-hybridized carbons (Fsp3) is 0.429. The van der Waals surface area contributed by atoms with Crippen molar-refractivity contribution in [3.8, 4) is 0 Å². The smallest absolute Gasteiger partial charge is 0.392 e. The van der Waals surface area contributed by atoms with Crippen molar-refractivity contribution in [3.05, 3.63) is 68.8 Å². The van der Waals surface area contributed by atoms with Gasteiger partial charge in [0.15, 0.2) is 0 Å². The molecule has 2 rings (SSSR count). The summed E-state index contributed by atoms with van der Waals surface area (Å²) in [7, 11) is 0. The van der Waals surface area contributed by atoms with Gasteiger partial charge in [-0.3, -0.25) is 0 Å². The molecule has 12 heteroatoms. The largest absolute Gasteiger partial charge is 0.411 e. The lowest BCUT2D eigenvalue weighted by Gasteiger charge is -2.39. The van der Waals surface area contributed by atoms with E-state index in [-0.39, 0.29) is 11.1 Å². The van der Waals surface area contributed by atoms with Crippen LogP contribution in [0.5, 0.6) is 0 Å². The molecule has 0 aromatic heterocycles. The van der Waals surface area contributed by atoms with Gasteiger partial charge in [-0.2, -0.15) is 26.3 Å². The molecule has 0 amide bonds. The number of hydrogen-bond acceptors (Lipinski definition) is 6. The van der Waals surface area contributed by atoms with Gasteiger partial charge in [0.05, 0.1) is 39.6 Å². The predicted octanol–water partition coefficient (Wildman–Crippen LogP) is 2.05. The second-order valence-electron chi connectivity index (χ2n) is 7.24. The number of rotatable bonds is 8. The van der Waals surface area contributed by atoms with Crippen LogP contribution in [0.25, 0.3) is 0 Å². The molecule has 6 nitrogen and oxygen atoms in total. The van der Waals surface area contributed by atoms with Gasteiger partial charge in [0.2, 0.25) is 5.41 Å². The Morgan fingerprint density at radius 3 is 0.848 bits per heavy atom. The van der Waals surface area contributed by atoms with Crippen molar-refractivity contribution in [1.82, 2.24) is 0 Å². The van der Waals surface area contributed by atoms with E-state index in [4.69, 9.17) is 0 Å². The Hall–Kier alpha value is -2.22. The minimum absolute atomic E-state index is 0.218. The lowest BCUT2D eigenvalue weighted by Crippen LogP contribution is -2.55. The Morgan fingerprint density at radius 1 is 0.455 bits per heavy atom. The first-order chi connectivity index (χ1) is 15.4. The quantitative estimate of drug-likeness (QED) is 0.319. The molecule has 0 bridgehead atoms. The Balaban J connectivity index is 3.14. The fourth-order valence-corrected chi connectivity index (χ4v) is 3.98. The van der Waals surface area contributed by atoms with Crippen LogP contribution in [0, 0.1) is 0 Å². The monoisotopic (exact) mass is 484 g/mol. The van der Waals surface area contributed by atoms with E-state index in [1.165, 1.54) is 0 Å². The van der Waals surface area contributed by atoms with E-state index in [1.807, 2.05) is 0 Å². The summed E-state index contributed by atoms with van der Waals surface area (Å²) in [6.45, 7) is -5.78. The maximum atomic E-state index is 14.5. The van der Waals surface area contributed by atoms with E-state index < -0.39 is 90.8 Å². The molecule has 0 saturated heterocycles. The average Bonchev–Trinajstić information content (AvgIpc) is 2.75. The van der Waals surface area contributed by atoms with Crippen molar-refractivity contribution < 1.29 is 57.0 Å². The second kappa shape index (κ2) is 9.95. The first-order valence-corrected chi connectivity index (χ1v) is 9.46. The van der Waals surface area contributed by atoms with E-state index in [2.05, 4.69) is 0 Å². The molecular formula is C21H22F6O6. The zero-order chi connectivity index (χ0) is 25.2. The van der Waals surface area contributed by atoms with Gasteiger partial charge in [0.1, 0.15) is 0 Å². The summed E-state index contributed by atoms with van der Waals surface area (Å²) in [4.78, 5) is 0. The molecule has 0 unspecified atom stereocenters. The molecule has 2 aromatic rings. The molecule has 184 valence electrons. The van der Waals surface area contributed by atoms with Crippen LogP contribution in [0.15, 0.2) is 24.3 Å². The van der Waals surface area contributed by atoms with E-state index in [0.29, 0.717) is 24.3 Å². The van der Waals surface area contributed by atoms with Crippen LogP contribution in [0.4, 0.5) is 26.3 Å². The topological polar surface area (TPSA) is 121 Å². The van der Waals surface area contributed by atoms with Gasteiger partial charge in [-0.25, -0.2) is 0 Å². The first kappa shape index (κ1) is 27.0. The van der Waals surface area contributed by atoms with Gasteiger partial charge in [0, 0.05) is 0 Å². The van der Waals surface area contributed by atoms with Gasteiger partial charge >= 0.3 is 12.4 Å². The molecule has 0 spiro atoms. The van der Waals surface area contributed by atoms with Gasteiger partial charge < -0.3 is 30.6 Å². The third-order valence-corrected chi connectivity index (χ3v) is 5.58. The Bertz CT molecular complexity index is 857. The van der Waals surface area contributed by atoms with E-state index in [9.17, 15) is 57.0 Å². The van der Waals surface area contributed by atoms with Crippen molar-refractivity contribution in [2.24, 2.45) is 0 Å². The Labute approximate surface area is 184 Å². The summed E-state index contributed by atoms with van der Waals surface area (Å²) in [6, 6.07) is 1.79. The highest BCUT2D eigenvalue weighted by molar-refractivity contribution is 5.52. The van der Waals surface area contributed by atoms with Crippen molar-refractivity contribution >= 4 is 0 Å². The summed E-state index contributed by atoms with van der Waals surface area (Å²) in [6.07, 6.45) is -12.0. The molecule has 0 atom stereocenters. The summed E-state index contributed by atoms with van der Waals surface area (Å²) >= 11 is 0. The second-order valence-corrected chi connectivity index (χ2v) is 7.24. The molecule has 0 aliphatic heterocycles. The molecule has 6 N–H and O–H groups in total. The number of halogens is 6. The van der Waals surface area contributed by atoms with Gasteiger partial charge in [0.25, 0.3) is 0 Å². The number of aliphatic hydroxyl groups excluding tert-OH is 6. The van der Waals surface area contributed by atoms with Crippen molar-refractivity contribution in [2.75, 3.05) is 0 Å². The van der Waals surface area contributed by atoms with Crippen molar-refractivity contribution in [1.29, 1.82) is 0 Å². The maximum absolute atomic E-state index is 14.5.